The molecule has 0 saturated heterocycles. The van der Waals surface area contributed by atoms with Gasteiger partial charge in [-0.2, -0.15) is 0 Å². The Morgan fingerprint density at radius 1 is 1.12 bits per heavy atom. The first-order valence-electron chi connectivity index (χ1n) is 8.07. The van der Waals surface area contributed by atoms with Gasteiger partial charge in [0.15, 0.2) is 5.96 Å². The lowest BCUT2D eigenvalue weighted by molar-refractivity contribution is 0.329. The van der Waals surface area contributed by atoms with Crippen molar-refractivity contribution in [2.24, 2.45) is 10.7 Å². The smallest absolute Gasteiger partial charge is 0.229 e. The van der Waals surface area contributed by atoms with Gasteiger partial charge in [-0.1, -0.05) is 12.1 Å². The Bertz CT molecular complexity index is 875. The molecule has 140 valence electrons. The molecule has 4 N–H and O–H groups in total. The highest BCUT2D eigenvalue weighted by Gasteiger charge is 2.03. The summed E-state index contributed by atoms with van der Waals surface area (Å²) < 4.78 is 30.5. The zero-order chi connectivity index (χ0) is 19.2. The van der Waals surface area contributed by atoms with Crippen molar-refractivity contribution >= 4 is 27.4 Å². The lowest BCUT2D eigenvalue weighted by atomic mass is 10.1. The van der Waals surface area contributed by atoms with Gasteiger partial charge in [-0.25, -0.2) is 13.4 Å². The van der Waals surface area contributed by atoms with Crippen molar-refractivity contribution in [2.75, 3.05) is 29.4 Å². The van der Waals surface area contributed by atoms with Crippen LogP contribution in [0.3, 0.4) is 0 Å². The third-order valence-electron chi connectivity index (χ3n) is 3.27. The first kappa shape index (κ1) is 19.6. The SMILES string of the molecule is Cc1cc(C)cc(NC(N)=NCCOc2cccc(NS(C)(=O)=O)c2)c1. The minimum atomic E-state index is -3.32. The fourth-order valence-corrected chi connectivity index (χ4v) is 2.98. The molecule has 0 aliphatic carbocycles. The Labute approximate surface area is 154 Å². The number of ether oxygens (including phenoxy) is 1. The second kappa shape index (κ2) is 8.57. The second-order valence-corrected chi connectivity index (χ2v) is 7.77. The Morgan fingerprint density at radius 2 is 1.81 bits per heavy atom. The lowest BCUT2D eigenvalue weighted by Gasteiger charge is -2.09. The first-order chi connectivity index (χ1) is 12.2. The Morgan fingerprint density at radius 3 is 2.46 bits per heavy atom. The molecule has 0 amide bonds. The van der Waals surface area contributed by atoms with E-state index < -0.39 is 10.0 Å². The molecule has 0 heterocycles. The first-order valence-corrected chi connectivity index (χ1v) is 9.96. The van der Waals surface area contributed by atoms with Crippen molar-refractivity contribution in [3.05, 3.63) is 53.6 Å². The molecule has 2 rings (SSSR count). The van der Waals surface area contributed by atoms with Crippen LogP contribution in [0.2, 0.25) is 0 Å². The van der Waals surface area contributed by atoms with E-state index >= 15 is 0 Å². The lowest BCUT2D eigenvalue weighted by Crippen LogP contribution is -2.23. The fourth-order valence-electron chi connectivity index (χ4n) is 2.43. The molecule has 2 aromatic rings. The van der Waals surface area contributed by atoms with Gasteiger partial charge in [-0.05, 0) is 49.2 Å². The van der Waals surface area contributed by atoms with E-state index in [-0.39, 0.29) is 0 Å². The number of nitrogens with one attached hydrogen (secondary N) is 2. The van der Waals surface area contributed by atoms with E-state index in [1.165, 1.54) is 0 Å². The highest BCUT2D eigenvalue weighted by molar-refractivity contribution is 7.92. The number of nitrogens with zero attached hydrogens (tertiary/aromatic N) is 1. The van der Waals surface area contributed by atoms with Crippen LogP contribution >= 0.6 is 0 Å². The molecule has 0 unspecified atom stereocenters. The number of rotatable bonds is 7. The molecule has 0 radical (unpaired) electrons. The molecule has 0 aliphatic rings. The van der Waals surface area contributed by atoms with Gasteiger partial charge in [0, 0.05) is 11.8 Å². The summed E-state index contributed by atoms with van der Waals surface area (Å²) in [5.41, 5.74) is 9.52. The second-order valence-electron chi connectivity index (χ2n) is 6.02. The van der Waals surface area contributed by atoms with Crippen molar-refractivity contribution in [3.8, 4) is 5.75 Å². The zero-order valence-electron chi connectivity index (χ0n) is 15.1. The highest BCUT2D eigenvalue weighted by Crippen LogP contribution is 2.18. The van der Waals surface area contributed by atoms with Crippen molar-refractivity contribution in [1.82, 2.24) is 0 Å². The van der Waals surface area contributed by atoms with Crippen molar-refractivity contribution in [2.45, 2.75) is 13.8 Å². The summed E-state index contributed by atoms with van der Waals surface area (Å²) in [6, 6.07) is 12.8. The predicted molar refractivity (Wildman–Crippen MR) is 106 cm³/mol. The summed E-state index contributed by atoms with van der Waals surface area (Å²) in [6.07, 6.45) is 1.10. The molecule has 0 fully saturated rings. The summed E-state index contributed by atoms with van der Waals surface area (Å²) in [4.78, 5) is 4.22. The largest absolute Gasteiger partial charge is 0.492 e. The molecule has 26 heavy (non-hydrogen) atoms. The summed E-state index contributed by atoms with van der Waals surface area (Å²) in [5, 5.41) is 3.05. The molecule has 0 saturated carbocycles. The van der Waals surface area contributed by atoms with Crippen LogP contribution in [-0.4, -0.2) is 33.8 Å². The number of hydrogen-bond donors (Lipinski definition) is 3. The topological polar surface area (TPSA) is 106 Å². The quantitative estimate of drug-likeness (QED) is 0.391. The minimum absolute atomic E-state index is 0.311. The summed E-state index contributed by atoms with van der Waals surface area (Å²) in [5.74, 6) is 0.862. The van der Waals surface area contributed by atoms with Gasteiger partial charge in [-0.3, -0.25) is 4.72 Å². The number of aryl methyl sites for hydroxylation is 2. The molecular formula is C18H24N4O3S. The maximum Gasteiger partial charge on any atom is 0.229 e. The van der Waals surface area contributed by atoms with Crippen molar-refractivity contribution in [3.63, 3.8) is 0 Å². The Hall–Kier alpha value is -2.74. The van der Waals surface area contributed by atoms with Gasteiger partial charge in [0.25, 0.3) is 0 Å². The summed E-state index contributed by atoms with van der Waals surface area (Å²) in [7, 11) is -3.32. The van der Waals surface area contributed by atoms with E-state index in [0.717, 1.165) is 23.1 Å². The van der Waals surface area contributed by atoms with Crippen LogP contribution < -0.4 is 20.5 Å². The molecule has 0 bridgehead atoms. The monoisotopic (exact) mass is 376 g/mol. The molecular weight excluding hydrogens is 352 g/mol. The van der Waals surface area contributed by atoms with E-state index in [1.54, 1.807) is 24.3 Å². The average Bonchev–Trinajstić information content (AvgIpc) is 2.49. The fraction of sp³-hybridized carbons (Fsp3) is 0.278. The van der Waals surface area contributed by atoms with Crippen molar-refractivity contribution in [1.29, 1.82) is 0 Å². The van der Waals surface area contributed by atoms with Crippen LogP contribution in [0.4, 0.5) is 11.4 Å². The third-order valence-corrected chi connectivity index (χ3v) is 3.88. The number of aliphatic imine (C=N–C) groups is 1. The minimum Gasteiger partial charge on any atom is -0.492 e. The van der Waals surface area contributed by atoms with Gasteiger partial charge in [0.05, 0.1) is 18.5 Å². The zero-order valence-corrected chi connectivity index (χ0v) is 15.9. The van der Waals surface area contributed by atoms with Crippen LogP contribution in [0.15, 0.2) is 47.5 Å². The van der Waals surface area contributed by atoms with Gasteiger partial charge in [0.1, 0.15) is 12.4 Å². The van der Waals surface area contributed by atoms with Crippen LogP contribution in [0.5, 0.6) is 5.75 Å². The number of anilines is 2. The van der Waals surface area contributed by atoms with E-state index in [9.17, 15) is 8.42 Å². The van der Waals surface area contributed by atoms with Crippen molar-refractivity contribution < 1.29 is 13.2 Å². The van der Waals surface area contributed by atoms with Gasteiger partial charge in [0.2, 0.25) is 10.0 Å². The van der Waals surface area contributed by atoms with Gasteiger partial charge in [-0.15, -0.1) is 0 Å². The molecule has 2 aromatic carbocycles. The molecule has 7 nitrogen and oxygen atoms in total. The number of guanidine groups is 1. The van der Waals surface area contributed by atoms with Crippen LogP contribution in [0.1, 0.15) is 11.1 Å². The average molecular weight is 376 g/mol. The number of benzene rings is 2. The molecule has 0 atom stereocenters. The normalized spacial score (nSPS) is 11.9. The van der Waals surface area contributed by atoms with Crippen LogP contribution in [-0.2, 0) is 10.0 Å². The van der Waals surface area contributed by atoms with E-state index in [0.29, 0.717) is 30.5 Å². The number of sulfonamides is 1. The van der Waals surface area contributed by atoms with E-state index in [4.69, 9.17) is 10.5 Å². The molecule has 0 spiro atoms. The standard InChI is InChI=1S/C18H24N4O3S/c1-13-9-14(2)11-16(10-13)21-18(19)20-7-8-25-17-6-4-5-15(12-17)22-26(3,23)24/h4-6,9-12,22H,7-8H2,1-3H3,(H3,19,20,21). The summed E-state index contributed by atoms with van der Waals surface area (Å²) >= 11 is 0. The number of hydrogen-bond acceptors (Lipinski definition) is 4. The van der Waals surface area contributed by atoms with E-state index in [2.05, 4.69) is 21.1 Å². The maximum atomic E-state index is 11.2. The molecule has 8 heteroatoms. The maximum absolute atomic E-state index is 11.2. The Kier molecular flexibility index (Phi) is 6.46. The third kappa shape index (κ3) is 7.02. The highest BCUT2D eigenvalue weighted by atomic mass is 32.2. The number of nitrogens with two attached hydrogens (primary N) is 1. The Balaban J connectivity index is 1.85. The predicted octanol–water partition coefficient (Wildman–Crippen LogP) is 2.48. The summed E-state index contributed by atoms with van der Waals surface area (Å²) in [6.45, 7) is 4.73. The van der Waals surface area contributed by atoms with Crippen LogP contribution in [0.25, 0.3) is 0 Å². The van der Waals surface area contributed by atoms with Gasteiger partial charge >= 0.3 is 0 Å². The molecule has 0 aromatic heterocycles. The van der Waals surface area contributed by atoms with Gasteiger partial charge < -0.3 is 15.8 Å². The van der Waals surface area contributed by atoms with E-state index in [1.807, 2.05) is 26.0 Å². The molecule has 0 aliphatic heterocycles. The van der Waals surface area contributed by atoms with Crippen LogP contribution in [0, 0.1) is 13.8 Å².